The summed E-state index contributed by atoms with van der Waals surface area (Å²) in [6.07, 6.45) is 1.12. The molecule has 0 aliphatic rings. The Labute approximate surface area is 70.7 Å². The number of hydrogen-bond donors (Lipinski definition) is 1. The summed E-state index contributed by atoms with van der Waals surface area (Å²) < 4.78 is 4.91. The minimum atomic E-state index is -0.422. The first-order valence-corrected chi connectivity index (χ1v) is 4.03. The van der Waals surface area contributed by atoms with E-state index in [1.54, 1.807) is 6.92 Å². The van der Waals surface area contributed by atoms with Gasteiger partial charge in [-0.3, -0.25) is 0 Å². The molecule has 0 amide bonds. The Morgan fingerprint density at radius 3 is 2.50 bits per heavy atom. The normalized spacial score (nSPS) is 10.2. The SMILES string of the molecule is CCc1cc(O)c(CC)c(=O)o1. The van der Waals surface area contributed by atoms with Gasteiger partial charge in [0.25, 0.3) is 0 Å². The predicted molar refractivity (Wildman–Crippen MR) is 45.4 cm³/mol. The minimum Gasteiger partial charge on any atom is -0.507 e. The first-order valence-electron chi connectivity index (χ1n) is 4.03. The summed E-state index contributed by atoms with van der Waals surface area (Å²) in [5.74, 6) is 0.570. The minimum absolute atomic E-state index is 0.0469. The molecule has 0 bridgehead atoms. The molecule has 3 nitrogen and oxygen atoms in total. The van der Waals surface area contributed by atoms with Gasteiger partial charge in [0, 0.05) is 12.5 Å². The highest BCUT2D eigenvalue weighted by Crippen LogP contribution is 2.15. The van der Waals surface area contributed by atoms with Crippen LogP contribution in [0.3, 0.4) is 0 Å². The molecule has 12 heavy (non-hydrogen) atoms. The van der Waals surface area contributed by atoms with E-state index in [0.29, 0.717) is 24.2 Å². The lowest BCUT2D eigenvalue weighted by Crippen LogP contribution is -2.07. The third kappa shape index (κ3) is 1.49. The molecular formula is C9H12O3. The lowest BCUT2D eigenvalue weighted by atomic mass is 10.2. The van der Waals surface area contributed by atoms with Crippen LogP contribution in [0.25, 0.3) is 0 Å². The van der Waals surface area contributed by atoms with Crippen LogP contribution < -0.4 is 5.63 Å². The first-order chi connectivity index (χ1) is 5.69. The molecule has 0 saturated carbocycles. The molecule has 0 saturated heterocycles. The number of aryl methyl sites for hydroxylation is 1. The highest BCUT2D eigenvalue weighted by atomic mass is 16.4. The van der Waals surface area contributed by atoms with Crippen LogP contribution in [0.15, 0.2) is 15.3 Å². The van der Waals surface area contributed by atoms with E-state index in [1.165, 1.54) is 6.07 Å². The molecule has 0 spiro atoms. The lowest BCUT2D eigenvalue weighted by Gasteiger charge is -2.00. The van der Waals surface area contributed by atoms with Crippen LogP contribution in [0.4, 0.5) is 0 Å². The van der Waals surface area contributed by atoms with Crippen molar-refractivity contribution < 1.29 is 9.52 Å². The summed E-state index contributed by atoms with van der Waals surface area (Å²) in [4.78, 5) is 11.1. The standard InChI is InChI=1S/C9H12O3/c1-3-6-5-8(10)7(4-2)9(11)12-6/h5,10H,3-4H2,1-2H3. The third-order valence-electron chi connectivity index (χ3n) is 1.78. The van der Waals surface area contributed by atoms with Gasteiger partial charge < -0.3 is 9.52 Å². The van der Waals surface area contributed by atoms with Crippen molar-refractivity contribution in [2.24, 2.45) is 0 Å². The van der Waals surface area contributed by atoms with Gasteiger partial charge in [0.2, 0.25) is 0 Å². The Morgan fingerprint density at radius 1 is 1.42 bits per heavy atom. The molecule has 0 radical (unpaired) electrons. The quantitative estimate of drug-likeness (QED) is 0.727. The maximum absolute atomic E-state index is 11.1. The van der Waals surface area contributed by atoms with Gasteiger partial charge in [-0.2, -0.15) is 0 Å². The van der Waals surface area contributed by atoms with Gasteiger partial charge in [-0.25, -0.2) is 4.79 Å². The lowest BCUT2D eigenvalue weighted by molar-refractivity contribution is 0.416. The van der Waals surface area contributed by atoms with Crippen molar-refractivity contribution in [2.75, 3.05) is 0 Å². The average molecular weight is 168 g/mol. The fourth-order valence-corrected chi connectivity index (χ4v) is 1.05. The summed E-state index contributed by atoms with van der Waals surface area (Å²) in [6.45, 7) is 3.67. The molecular weight excluding hydrogens is 156 g/mol. The molecule has 0 aromatic carbocycles. The van der Waals surface area contributed by atoms with Crippen LogP contribution in [0, 0.1) is 0 Å². The molecule has 0 aliphatic heterocycles. The van der Waals surface area contributed by atoms with Gasteiger partial charge in [0.05, 0.1) is 5.56 Å². The molecule has 1 heterocycles. The Bertz CT molecular complexity index is 325. The molecule has 1 N–H and O–H groups in total. The van der Waals surface area contributed by atoms with Crippen molar-refractivity contribution >= 4 is 0 Å². The van der Waals surface area contributed by atoms with Crippen molar-refractivity contribution in [3.05, 3.63) is 27.8 Å². The second-order valence-electron chi connectivity index (χ2n) is 2.57. The maximum Gasteiger partial charge on any atom is 0.342 e. The molecule has 0 aliphatic carbocycles. The second kappa shape index (κ2) is 3.43. The van der Waals surface area contributed by atoms with Gasteiger partial charge >= 0.3 is 5.63 Å². The Balaban J connectivity index is 3.28. The molecule has 3 heteroatoms. The van der Waals surface area contributed by atoms with Crippen LogP contribution in [-0.2, 0) is 12.8 Å². The van der Waals surface area contributed by atoms with Crippen molar-refractivity contribution in [3.8, 4) is 5.75 Å². The average Bonchev–Trinajstić information content (AvgIpc) is 2.03. The van der Waals surface area contributed by atoms with Gasteiger partial charge in [-0.15, -0.1) is 0 Å². The highest BCUT2D eigenvalue weighted by Gasteiger charge is 2.07. The fraction of sp³-hybridized carbons (Fsp3) is 0.444. The number of aromatic hydroxyl groups is 1. The van der Waals surface area contributed by atoms with E-state index >= 15 is 0 Å². The molecule has 0 unspecified atom stereocenters. The van der Waals surface area contributed by atoms with E-state index in [2.05, 4.69) is 0 Å². The summed E-state index contributed by atoms with van der Waals surface area (Å²) in [5, 5.41) is 9.34. The zero-order valence-electron chi connectivity index (χ0n) is 7.26. The molecule has 1 rings (SSSR count). The van der Waals surface area contributed by atoms with Crippen LogP contribution in [-0.4, -0.2) is 5.11 Å². The predicted octanol–water partition coefficient (Wildman–Crippen LogP) is 1.47. The molecule has 0 atom stereocenters. The molecule has 66 valence electrons. The van der Waals surface area contributed by atoms with Crippen molar-refractivity contribution in [3.63, 3.8) is 0 Å². The van der Waals surface area contributed by atoms with E-state index in [1.807, 2.05) is 6.92 Å². The van der Waals surface area contributed by atoms with Crippen LogP contribution in [0.5, 0.6) is 5.75 Å². The van der Waals surface area contributed by atoms with E-state index in [-0.39, 0.29) is 5.75 Å². The second-order valence-corrected chi connectivity index (χ2v) is 2.57. The van der Waals surface area contributed by atoms with Gasteiger partial charge in [0.1, 0.15) is 11.5 Å². The third-order valence-corrected chi connectivity index (χ3v) is 1.78. The number of rotatable bonds is 2. The maximum atomic E-state index is 11.1. The summed E-state index contributed by atoms with van der Waals surface area (Å²) in [5.41, 5.74) is -0.0680. The van der Waals surface area contributed by atoms with Gasteiger partial charge in [0.15, 0.2) is 0 Å². The largest absolute Gasteiger partial charge is 0.507 e. The monoisotopic (exact) mass is 168 g/mol. The smallest absolute Gasteiger partial charge is 0.342 e. The fourth-order valence-electron chi connectivity index (χ4n) is 1.05. The van der Waals surface area contributed by atoms with Gasteiger partial charge in [-0.1, -0.05) is 13.8 Å². The first kappa shape index (κ1) is 8.84. The Kier molecular flexibility index (Phi) is 2.53. The molecule has 0 fully saturated rings. The summed E-state index contributed by atoms with van der Waals surface area (Å²) in [6, 6.07) is 1.50. The van der Waals surface area contributed by atoms with E-state index < -0.39 is 5.63 Å². The van der Waals surface area contributed by atoms with E-state index in [9.17, 15) is 9.90 Å². The summed E-state index contributed by atoms with van der Waals surface area (Å²) >= 11 is 0. The van der Waals surface area contributed by atoms with E-state index in [4.69, 9.17) is 4.42 Å². The molecule has 1 aromatic heterocycles. The van der Waals surface area contributed by atoms with Crippen molar-refractivity contribution in [2.45, 2.75) is 26.7 Å². The number of hydrogen-bond acceptors (Lipinski definition) is 3. The summed E-state index contributed by atoms with van der Waals surface area (Å²) in [7, 11) is 0. The van der Waals surface area contributed by atoms with Crippen LogP contribution in [0.2, 0.25) is 0 Å². The van der Waals surface area contributed by atoms with Crippen molar-refractivity contribution in [1.29, 1.82) is 0 Å². The highest BCUT2D eigenvalue weighted by molar-refractivity contribution is 5.29. The van der Waals surface area contributed by atoms with E-state index in [0.717, 1.165) is 0 Å². The van der Waals surface area contributed by atoms with Crippen LogP contribution in [0.1, 0.15) is 25.2 Å². The van der Waals surface area contributed by atoms with Crippen molar-refractivity contribution in [1.82, 2.24) is 0 Å². The molecule has 1 aromatic rings. The van der Waals surface area contributed by atoms with Gasteiger partial charge in [-0.05, 0) is 6.42 Å². The topological polar surface area (TPSA) is 50.4 Å². The zero-order valence-corrected chi connectivity index (χ0v) is 7.26. The van der Waals surface area contributed by atoms with Crippen LogP contribution >= 0.6 is 0 Å². The Morgan fingerprint density at radius 2 is 2.08 bits per heavy atom. The Hall–Kier alpha value is -1.25. The zero-order chi connectivity index (χ0) is 9.14.